The molecule has 19 heavy (non-hydrogen) atoms. The summed E-state index contributed by atoms with van der Waals surface area (Å²) >= 11 is 0. The Morgan fingerprint density at radius 2 is 2.21 bits per heavy atom. The van der Waals surface area contributed by atoms with Gasteiger partial charge in [0.15, 0.2) is 0 Å². The molecule has 2 saturated heterocycles. The van der Waals surface area contributed by atoms with Gasteiger partial charge in [-0.25, -0.2) is 0 Å². The van der Waals surface area contributed by atoms with Crippen LogP contribution in [0.25, 0.3) is 0 Å². The van der Waals surface area contributed by atoms with E-state index in [0.29, 0.717) is 6.54 Å². The zero-order valence-corrected chi connectivity index (χ0v) is 12.6. The van der Waals surface area contributed by atoms with Gasteiger partial charge in [0.2, 0.25) is 5.91 Å². The van der Waals surface area contributed by atoms with E-state index in [1.165, 1.54) is 0 Å². The van der Waals surface area contributed by atoms with Crippen LogP contribution in [-0.4, -0.2) is 66.3 Å². The van der Waals surface area contributed by atoms with Crippen LogP contribution < -0.4 is 5.32 Å². The largest absolute Gasteiger partial charge is 0.374 e. The summed E-state index contributed by atoms with van der Waals surface area (Å²) in [6, 6.07) is 0. The number of morpholine rings is 1. The standard InChI is InChI=1S/C14H27N3O2/c1-5-14(4)13(18)17(11(3)15-14)10-12-9-16(6-2)7-8-19-12/h11-12,15H,5-10H2,1-4H3. The fourth-order valence-electron chi connectivity index (χ4n) is 2.99. The Hall–Kier alpha value is -0.650. The summed E-state index contributed by atoms with van der Waals surface area (Å²) < 4.78 is 5.81. The highest BCUT2D eigenvalue weighted by Gasteiger charge is 2.45. The zero-order chi connectivity index (χ0) is 14.0. The summed E-state index contributed by atoms with van der Waals surface area (Å²) in [5.41, 5.74) is -0.404. The third kappa shape index (κ3) is 2.93. The van der Waals surface area contributed by atoms with E-state index in [1.54, 1.807) is 0 Å². The lowest BCUT2D eigenvalue weighted by Gasteiger charge is -2.35. The zero-order valence-electron chi connectivity index (χ0n) is 12.6. The van der Waals surface area contributed by atoms with E-state index in [0.717, 1.165) is 32.7 Å². The van der Waals surface area contributed by atoms with E-state index >= 15 is 0 Å². The summed E-state index contributed by atoms with van der Waals surface area (Å²) in [7, 11) is 0. The number of amides is 1. The van der Waals surface area contributed by atoms with Crippen molar-refractivity contribution in [2.75, 3.05) is 32.8 Å². The van der Waals surface area contributed by atoms with Gasteiger partial charge in [-0.3, -0.25) is 15.0 Å². The summed E-state index contributed by atoms with van der Waals surface area (Å²) in [6.45, 7) is 12.7. The van der Waals surface area contributed by atoms with E-state index in [-0.39, 0.29) is 18.2 Å². The molecule has 3 unspecified atom stereocenters. The van der Waals surface area contributed by atoms with Crippen molar-refractivity contribution in [3.63, 3.8) is 0 Å². The van der Waals surface area contributed by atoms with Crippen LogP contribution in [0.4, 0.5) is 0 Å². The highest BCUT2D eigenvalue weighted by molar-refractivity contribution is 5.88. The first-order valence-corrected chi connectivity index (χ1v) is 7.43. The molecule has 2 fully saturated rings. The molecule has 0 bridgehead atoms. The van der Waals surface area contributed by atoms with Crippen LogP contribution in [-0.2, 0) is 9.53 Å². The summed E-state index contributed by atoms with van der Waals surface area (Å²) in [5, 5.41) is 3.40. The fourth-order valence-corrected chi connectivity index (χ4v) is 2.99. The monoisotopic (exact) mass is 269 g/mol. The average Bonchev–Trinajstić information content (AvgIpc) is 2.63. The summed E-state index contributed by atoms with van der Waals surface area (Å²) in [4.78, 5) is 16.8. The number of nitrogens with zero attached hydrogens (tertiary/aromatic N) is 2. The minimum Gasteiger partial charge on any atom is -0.374 e. The smallest absolute Gasteiger partial charge is 0.243 e. The Morgan fingerprint density at radius 1 is 1.47 bits per heavy atom. The van der Waals surface area contributed by atoms with Gasteiger partial charge < -0.3 is 9.64 Å². The predicted molar refractivity (Wildman–Crippen MR) is 74.9 cm³/mol. The number of carbonyl (C=O) groups excluding carboxylic acids is 1. The van der Waals surface area contributed by atoms with Gasteiger partial charge in [-0.15, -0.1) is 0 Å². The first-order valence-electron chi connectivity index (χ1n) is 7.43. The van der Waals surface area contributed by atoms with Gasteiger partial charge in [0.05, 0.1) is 24.4 Å². The normalized spacial score (nSPS) is 37.1. The van der Waals surface area contributed by atoms with Crippen molar-refractivity contribution in [2.24, 2.45) is 0 Å². The van der Waals surface area contributed by atoms with E-state index in [4.69, 9.17) is 4.74 Å². The molecule has 2 rings (SSSR count). The van der Waals surface area contributed by atoms with Crippen LogP contribution >= 0.6 is 0 Å². The molecule has 0 aromatic carbocycles. The molecule has 2 heterocycles. The first-order chi connectivity index (χ1) is 9.00. The molecule has 2 aliphatic rings. The third-order valence-electron chi connectivity index (χ3n) is 4.51. The van der Waals surface area contributed by atoms with Crippen molar-refractivity contribution in [3.05, 3.63) is 0 Å². The lowest BCUT2D eigenvalue weighted by Crippen LogP contribution is -2.50. The minimum absolute atomic E-state index is 0.0954. The second kappa shape index (κ2) is 5.77. The number of likely N-dealkylation sites (N-methyl/N-ethyl adjacent to an activating group) is 1. The maximum Gasteiger partial charge on any atom is 0.243 e. The molecule has 0 saturated carbocycles. The average molecular weight is 269 g/mol. The maximum atomic E-state index is 12.5. The molecule has 0 spiro atoms. The Labute approximate surface area is 116 Å². The predicted octanol–water partition coefficient (Wildman–Crippen LogP) is 0.654. The second-order valence-corrected chi connectivity index (χ2v) is 5.85. The van der Waals surface area contributed by atoms with Crippen molar-refractivity contribution < 1.29 is 9.53 Å². The SMILES string of the molecule is CCN1CCOC(CN2C(=O)C(C)(CC)NC2C)C1. The van der Waals surface area contributed by atoms with Gasteiger partial charge in [0.1, 0.15) is 0 Å². The Kier molecular flexibility index (Phi) is 4.48. The van der Waals surface area contributed by atoms with Gasteiger partial charge >= 0.3 is 0 Å². The number of nitrogens with one attached hydrogen (secondary N) is 1. The molecule has 110 valence electrons. The molecule has 0 radical (unpaired) electrons. The molecular weight excluding hydrogens is 242 g/mol. The van der Waals surface area contributed by atoms with Crippen molar-refractivity contribution in [1.82, 2.24) is 15.1 Å². The lowest BCUT2D eigenvalue weighted by molar-refractivity contribution is -0.135. The molecule has 0 aromatic heterocycles. The number of hydrogen-bond donors (Lipinski definition) is 1. The van der Waals surface area contributed by atoms with Gasteiger partial charge in [-0.2, -0.15) is 0 Å². The van der Waals surface area contributed by atoms with Crippen LogP contribution in [0.15, 0.2) is 0 Å². The van der Waals surface area contributed by atoms with Crippen molar-refractivity contribution in [1.29, 1.82) is 0 Å². The number of carbonyl (C=O) groups is 1. The molecule has 5 heteroatoms. The number of ether oxygens (including phenoxy) is 1. The van der Waals surface area contributed by atoms with Crippen molar-refractivity contribution in [2.45, 2.75) is 51.9 Å². The van der Waals surface area contributed by atoms with E-state index in [2.05, 4.69) is 31.0 Å². The van der Waals surface area contributed by atoms with Gasteiger partial charge in [-0.1, -0.05) is 13.8 Å². The van der Waals surface area contributed by atoms with Gasteiger partial charge in [-0.05, 0) is 26.8 Å². The van der Waals surface area contributed by atoms with Crippen molar-refractivity contribution >= 4 is 5.91 Å². The molecule has 3 atom stereocenters. The first kappa shape index (κ1) is 14.8. The minimum atomic E-state index is -0.404. The number of hydrogen-bond acceptors (Lipinski definition) is 4. The third-order valence-corrected chi connectivity index (χ3v) is 4.51. The quantitative estimate of drug-likeness (QED) is 0.814. The van der Waals surface area contributed by atoms with Gasteiger partial charge in [0.25, 0.3) is 0 Å². The van der Waals surface area contributed by atoms with E-state index < -0.39 is 5.54 Å². The lowest BCUT2D eigenvalue weighted by atomic mass is 9.99. The Bertz CT molecular complexity index is 337. The molecular formula is C14H27N3O2. The van der Waals surface area contributed by atoms with Crippen LogP contribution in [0.2, 0.25) is 0 Å². The highest BCUT2D eigenvalue weighted by atomic mass is 16.5. The molecule has 0 aliphatic carbocycles. The summed E-state index contributed by atoms with van der Waals surface area (Å²) in [5.74, 6) is 0.208. The Balaban J connectivity index is 1.97. The fraction of sp³-hybridized carbons (Fsp3) is 0.929. The molecule has 1 amide bonds. The van der Waals surface area contributed by atoms with Crippen LogP contribution in [0.5, 0.6) is 0 Å². The maximum absolute atomic E-state index is 12.5. The topological polar surface area (TPSA) is 44.8 Å². The van der Waals surface area contributed by atoms with Crippen LogP contribution in [0, 0.1) is 0 Å². The molecule has 2 aliphatic heterocycles. The second-order valence-electron chi connectivity index (χ2n) is 5.85. The molecule has 1 N–H and O–H groups in total. The van der Waals surface area contributed by atoms with Crippen molar-refractivity contribution in [3.8, 4) is 0 Å². The molecule has 0 aromatic rings. The van der Waals surface area contributed by atoms with Crippen LogP contribution in [0.1, 0.15) is 34.1 Å². The highest BCUT2D eigenvalue weighted by Crippen LogP contribution is 2.24. The molecule has 5 nitrogen and oxygen atoms in total. The Morgan fingerprint density at radius 3 is 2.79 bits per heavy atom. The summed E-state index contributed by atoms with van der Waals surface area (Å²) in [6.07, 6.45) is 1.05. The van der Waals surface area contributed by atoms with Gasteiger partial charge in [0, 0.05) is 19.6 Å². The van der Waals surface area contributed by atoms with E-state index in [1.807, 2.05) is 11.8 Å². The number of rotatable bonds is 4. The van der Waals surface area contributed by atoms with E-state index in [9.17, 15) is 4.79 Å². The van der Waals surface area contributed by atoms with Crippen LogP contribution in [0.3, 0.4) is 0 Å².